The van der Waals surface area contributed by atoms with E-state index in [1.807, 2.05) is 6.92 Å². The highest BCUT2D eigenvalue weighted by Gasteiger charge is 2.52. The molecule has 4 unspecified atom stereocenters. The van der Waals surface area contributed by atoms with E-state index >= 15 is 0 Å². The van der Waals surface area contributed by atoms with E-state index in [1.54, 1.807) is 0 Å². The maximum atomic E-state index is 9.38. The lowest BCUT2D eigenvalue weighted by Crippen LogP contribution is -2.37. The number of hydrogen-bond acceptors (Lipinski definition) is 2. The van der Waals surface area contributed by atoms with E-state index in [9.17, 15) is 5.11 Å². The summed E-state index contributed by atoms with van der Waals surface area (Å²) in [5.41, 5.74) is 0. The van der Waals surface area contributed by atoms with Gasteiger partial charge in [0, 0.05) is 12.6 Å². The fourth-order valence-corrected chi connectivity index (χ4v) is 2.44. The Morgan fingerprint density at radius 1 is 1.60 bits per heavy atom. The number of likely N-dealkylation sites (N-methyl/N-ethyl adjacent to an activating group) is 1. The molecular weight excluding hydrogens is 126 g/mol. The number of nitrogens with zero attached hydrogens (tertiary/aromatic N) is 1. The molecule has 2 rings (SSSR count). The van der Waals surface area contributed by atoms with E-state index in [0.29, 0.717) is 6.04 Å². The summed E-state index contributed by atoms with van der Waals surface area (Å²) in [5, 5.41) is 9.38. The molecule has 0 aromatic carbocycles. The third-order valence-electron chi connectivity index (χ3n) is 2.94. The van der Waals surface area contributed by atoms with Crippen molar-refractivity contribution in [1.82, 2.24) is 4.90 Å². The van der Waals surface area contributed by atoms with Gasteiger partial charge in [-0.1, -0.05) is 0 Å². The molecule has 1 aliphatic heterocycles. The van der Waals surface area contributed by atoms with Gasteiger partial charge in [0.05, 0.1) is 6.10 Å². The maximum absolute atomic E-state index is 9.38. The maximum Gasteiger partial charge on any atom is 0.0670 e. The molecule has 0 aromatic rings. The largest absolute Gasteiger partial charge is 0.392 e. The van der Waals surface area contributed by atoms with Gasteiger partial charge in [0.15, 0.2) is 0 Å². The molecule has 1 N–H and O–H groups in total. The van der Waals surface area contributed by atoms with Crippen molar-refractivity contribution in [2.24, 2.45) is 11.8 Å². The Morgan fingerprint density at radius 3 is 2.60 bits per heavy atom. The van der Waals surface area contributed by atoms with Crippen LogP contribution in [0, 0.1) is 11.8 Å². The summed E-state index contributed by atoms with van der Waals surface area (Å²) in [6.45, 7) is 3.11. The quantitative estimate of drug-likeness (QED) is 0.568. The van der Waals surface area contributed by atoms with Gasteiger partial charge in [0.1, 0.15) is 0 Å². The molecule has 0 amide bonds. The molecule has 4 atom stereocenters. The van der Waals surface area contributed by atoms with Gasteiger partial charge < -0.3 is 10.0 Å². The molecule has 0 spiro atoms. The topological polar surface area (TPSA) is 23.5 Å². The molecule has 0 aromatic heterocycles. The predicted molar refractivity (Wildman–Crippen MR) is 39.7 cm³/mol. The SMILES string of the molecule is CC(O)C1C2CC2CN1C. The standard InChI is InChI=1S/C8H15NO/c1-5(10)8-7-3-6(7)4-9(8)2/h5-8,10H,3-4H2,1-2H3. The fraction of sp³-hybridized carbons (Fsp3) is 1.00. The van der Waals surface area contributed by atoms with Crippen molar-refractivity contribution in [2.75, 3.05) is 13.6 Å². The lowest BCUT2D eigenvalue weighted by atomic mass is 10.1. The average Bonchev–Trinajstić information content (AvgIpc) is 2.42. The third-order valence-corrected chi connectivity index (χ3v) is 2.94. The number of likely N-dealkylation sites (tertiary alicyclic amines) is 1. The number of piperidine rings is 1. The zero-order valence-electron chi connectivity index (χ0n) is 6.62. The molecule has 2 aliphatic rings. The Morgan fingerprint density at radius 2 is 2.30 bits per heavy atom. The summed E-state index contributed by atoms with van der Waals surface area (Å²) in [4.78, 5) is 2.30. The van der Waals surface area contributed by atoms with Gasteiger partial charge in [-0.25, -0.2) is 0 Å². The van der Waals surface area contributed by atoms with Crippen molar-refractivity contribution in [2.45, 2.75) is 25.5 Å². The second-order valence-electron chi connectivity index (χ2n) is 3.83. The molecule has 1 heterocycles. The first-order chi connectivity index (χ1) is 4.70. The van der Waals surface area contributed by atoms with Crippen LogP contribution < -0.4 is 0 Å². The minimum absolute atomic E-state index is 0.137. The first-order valence-electron chi connectivity index (χ1n) is 4.08. The Labute approximate surface area is 61.8 Å². The lowest BCUT2D eigenvalue weighted by Gasteiger charge is -2.24. The Balaban J connectivity index is 2.05. The van der Waals surface area contributed by atoms with Gasteiger partial charge in [-0.05, 0) is 32.2 Å². The molecule has 1 saturated carbocycles. The van der Waals surface area contributed by atoms with Crippen LogP contribution in [0.25, 0.3) is 0 Å². The third kappa shape index (κ3) is 0.789. The molecule has 10 heavy (non-hydrogen) atoms. The summed E-state index contributed by atoms with van der Waals surface area (Å²) in [7, 11) is 2.11. The second kappa shape index (κ2) is 1.95. The molecule has 0 radical (unpaired) electrons. The van der Waals surface area contributed by atoms with Gasteiger partial charge in [0.2, 0.25) is 0 Å². The minimum Gasteiger partial charge on any atom is -0.392 e. The van der Waals surface area contributed by atoms with Crippen molar-refractivity contribution < 1.29 is 5.11 Å². The molecule has 2 heteroatoms. The normalized spacial score (nSPS) is 48.9. The van der Waals surface area contributed by atoms with Crippen molar-refractivity contribution in [1.29, 1.82) is 0 Å². The molecule has 1 aliphatic carbocycles. The Bertz CT molecular complexity index is 144. The van der Waals surface area contributed by atoms with Crippen LogP contribution in [0.1, 0.15) is 13.3 Å². The van der Waals surface area contributed by atoms with Gasteiger partial charge in [0.25, 0.3) is 0 Å². The van der Waals surface area contributed by atoms with Crippen molar-refractivity contribution in [3.63, 3.8) is 0 Å². The Kier molecular flexibility index (Phi) is 1.29. The first-order valence-corrected chi connectivity index (χ1v) is 4.08. The van der Waals surface area contributed by atoms with Gasteiger partial charge >= 0.3 is 0 Å². The van der Waals surface area contributed by atoms with Gasteiger partial charge in [-0.2, -0.15) is 0 Å². The van der Waals surface area contributed by atoms with E-state index in [1.165, 1.54) is 13.0 Å². The highest BCUT2D eigenvalue weighted by Crippen LogP contribution is 2.49. The smallest absolute Gasteiger partial charge is 0.0670 e. The first kappa shape index (κ1) is 6.62. The summed E-state index contributed by atoms with van der Waals surface area (Å²) in [6.07, 6.45) is 1.22. The van der Waals surface area contributed by atoms with Gasteiger partial charge in [-0.15, -0.1) is 0 Å². The van der Waals surface area contributed by atoms with Crippen LogP contribution in [0.2, 0.25) is 0 Å². The molecule has 58 valence electrons. The minimum atomic E-state index is -0.137. The zero-order valence-corrected chi connectivity index (χ0v) is 6.62. The predicted octanol–water partition coefficient (Wildman–Crippen LogP) is 0.317. The summed E-state index contributed by atoms with van der Waals surface area (Å²) in [5.74, 6) is 1.74. The zero-order chi connectivity index (χ0) is 7.30. The number of fused-ring (bicyclic) bond motifs is 1. The van der Waals surface area contributed by atoms with Crippen LogP contribution in [-0.4, -0.2) is 35.7 Å². The van der Waals surface area contributed by atoms with E-state index in [2.05, 4.69) is 11.9 Å². The fourth-order valence-electron chi connectivity index (χ4n) is 2.44. The molecule has 2 fully saturated rings. The Hall–Kier alpha value is -0.0800. The molecule has 2 nitrogen and oxygen atoms in total. The number of hydrogen-bond donors (Lipinski definition) is 1. The average molecular weight is 141 g/mol. The van der Waals surface area contributed by atoms with Crippen LogP contribution in [0.4, 0.5) is 0 Å². The lowest BCUT2D eigenvalue weighted by molar-refractivity contribution is 0.0848. The molecule has 0 bridgehead atoms. The van der Waals surface area contributed by atoms with Crippen LogP contribution in [0.5, 0.6) is 0 Å². The van der Waals surface area contributed by atoms with E-state index < -0.39 is 0 Å². The van der Waals surface area contributed by atoms with Crippen molar-refractivity contribution in [3.05, 3.63) is 0 Å². The highest BCUT2D eigenvalue weighted by molar-refractivity contribution is 5.04. The monoisotopic (exact) mass is 141 g/mol. The van der Waals surface area contributed by atoms with Crippen LogP contribution in [0.15, 0.2) is 0 Å². The summed E-state index contributed by atoms with van der Waals surface area (Å²) in [6, 6.07) is 0.463. The molecular formula is C8H15NO. The van der Waals surface area contributed by atoms with Crippen LogP contribution in [0.3, 0.4) is 0 Å². The summed E-state index contributed by atoms with van der Waals surface area (Å²) >= 11 is 0. The van der Waals surface area contributed by atoms with Crippen molar-refractivity contribution in [3.8, 4) is 0 Å². The number of aliphatic hydroxyl groups excluding tert-OH is 1. The van der Waals surface area contributed by atoms with E-state index in [0.717, 1.165) is 11.8 Å². The van der Waals surface area contributed by atoms with E-state index in [4.69, 9.17) is 0 Å². The molecule has 1 saturated heterocycles. The van der Waals surface area contributed by atoms with Crippen LogP contribution >= 0.6 is 0 Å². The van der Waals surface area contributed by atoms with Crippen molar-refractivity contribution >= 4 is 0 Å². The summed E-state index contributed by atoms with van der Waals surface area (Å²) < 4.78 is 0. The highest BCUT2D eigenvalue weighted by atomic mass is 16.3. The number of rotatable bonds is 1. The van der Waals surface area contributed by atoms with Crippen LogP contribution in [-0.2, 0) is 0 Å². The van der Waals surface area contributed by atoms with Gasteiger partial charge in [-0.3, -0.25) is 0 Å². The second-order valence-corrected chi connectivity index (χ2v) is 3.83. The number of aliphatic hydroxyl groups is 1. The van der Waals surface area contributed by atoms with E-state index in [-0.39, 0.29) is 6.10 Å².